The molecule has 0 atom stereocenters. The number of hydrogen-bond acceptors (Lipinski definition) is 5. The first kappa shape index (κ1) is 21.2. The average Bonchev–Trinajstić information content (AvgIpc) is 3.45. The Kier molecular flexibility index (Phi) is 5.71. The van der Waals surface area contributed by atoms with Gasteiger partial charge < -0.3 is 9.88 Å². The normalized spacial score (nSPS) is 16.8. The van der Waals surface area contributed by atoms with Crippen molar-refractivity contribution in [2.45, 2.75) is 58.0 Å². The molecule has 1 aliphatic heterocycles. The van der Waals surface area contributed by atoms with Gasteiger partial charge in [0.25, 0.3) is 5.91 Å². The number of carbonyl (C=O) groups excluding carboxylic acids is 1. The van der Waals surface area contributed by atoms with E-state index in [0.29, 0.717) is 6.54 Å². The minimum atomic E-state index is -0.0572. The Morgan fingerprint density at radius 1 is 1.03 bits per heavy atom. The Morgan fingerprint density at radius 2 is 1.97 bits per heavy atom. The highest BCUT2D eigenvalue weighted by molar-refractivity contribution is 7.10. The number of fused-ring (bicyclic) bond motifs is 3. The van der Waals surface area contributed by atoms with Crippen molar-refractivity contribution in [2.75, 3.05) is 0 Å². The molecule has 4 heterocycles. The van der Waals surface area contributed by atoms with E-state index in [9.17, 15) is 4.79 Å². The second-order valence-electron chi connectivity index (χ2n) is 9.05. The lowest BCUT2D eigenvalue weighted by molar-refractivity contribution is 0.0950. The molecule has 1 amide bonds. The largest absolute Gasteiger partial charge is 0.345 e. The van der Waals surface area contributed by atoms with Gasteiger partial charge >= 0.3 is 0 Å². The third-order valence-corrected chi connectivity index (χ3v) is 7.67. The van der Waals surface area contributed by atoms with Crippen LogP contribution in [0.15, 0.2) is 41.8 Å². The van der Waals surface area contributed by atoms with E-state index in [1.165, 1.54) is 16.9 Å². The van der Waals surface area contributed by atoms with Crippen molar-refractivity contribution >= 4 is 39.8 Å². The van der Waals surface area contributed by atoms with Gasteiger partial charge in [0.1, 0.15) is 5.82 Å². The molecule has 0 saturated carbocycles. The number of nitrogens with one attached hydrogen (secondary N) is 1. The topological polar surface area (TPSA) is 72.7 Å². The molecule has 2 aliphatic rings. The fraction of sp³-hybridized carbons (Fsp3) is 0.333. The number of para-hydroxylation sites is 1. The summed E-state index contributed by atoms with van der Waals surface area (Å²) in [5, 5.41) is 14.9. The van der Waals surface area contributed by atoms with Gasteiger partial charge in [-0.3, -0.25) is 4.79 Å². The molecule has 4 aromatic rings. The molecule has 6 nitrogen and oxygen atoms in total. The number of carbonyl (C=O) groups is 1. The SMILES string of the molecule is O=C(NCc1nnc2n1CCCCC2)c1c2c(nc3ccccc13)/C(=C/c1cccs1)CCC2. The molecule has 0 spiro atoms. The standard InChI is InChI=1S/C27H27N5OS/c33-27(28-17-24-31-30-23-13-2-1-5-14-32(23)24)25-20-10-3-4-12-22(20)29-26-18(8-6-11-21(25)26)16-19-9-7-15-34-19/h3-4,7,9-10,12,15-16H,1-2,5-6,8,11,13-14,17H2,(H,28,33)/b18-16+. The van der Waals surface area contributed by atoms with Crippen LogP contribution in [0.25, 0.3) is 22.6 Å². The maximum absolute atomic E-state index is 13.7. The molecule has 34 heavy (non-hydrogen) atoms. The highest BCUT2D eigenvalue weighted by Crippen LogP contribution is 2.36. The number of hydrogen-bond donors (Lipinski definition) is 1. The first-order chi connectivity index (χ1) is 16.8. The van der Waals surface area contributed by atoms with Crippen molar-refractivity contribution in [3.8, 4) is 0 Å². The monoisotopic (exact) mass is 469 g/mol. The van der Waals surface area contributed by atoms with Crippen LogP contribution in [0, 0.1) is 0 Å². The number of aromatic nitrogens is 4. The maximum Gasteiger partial charge on any atom is 0.252 e. The molecule has 172 valence electrons. The Balaban J connectivity index is 1.37. The van der Waals surface area contributed by atoms with Gasteiger partial charge in [0.05, 0.1) is 23.3 Å². The van der Waals surface area contributed by atoms with Gasteiger partial charge in [-0.05, 0) is 66.8 Å². The van der Waals surface area contributed by atoms with Crippen LogP contribution in [0.2, 0.25) is 0 Å². The second-order valence-corrected chi connectivity index (χ2v) is 10.0. The number of amides is 1. The molecule has 0 unspecified atom stereocenters. The summed E-state index contributed by atoms with van der Waals surface area (Å²) in [6.07, 6.45) is 9.55. The van der Waals surface area contributed by atoms with Crippen molar-refractivity contribution in [3.05, 3.63) is 75.1 Å². The number of benzene rings is 1. The predicted octanol–water partition coefficient (Wildman–Crippen LogP) is 5.42. The molecule has 3 aromatic heterocycles. The van der Waals surface area contributed by atoms with E-state index < -0.39 is 0 Å². The van der Waals surface area contributed by atoms with Gasteiger partial charge in [-0.1, -0.05) is 30.7 Å². The molecule has 0 saturated heterocycles. The van der Waals surface area contributed by atoms with Crippen LogP contribution < -0.4 is 5.32 Å². The predicted molar refractivity (Wildman–Crippen MR) is 136 cm³/mol. The van der Waals surface area contributed by atoms with Crippen LogP contribution >= 0.6 is 11.3 Å². The third kappa shape index (κ3) is 3.94. The van der Waals surface area contributed by atoms with Crippen molar-refractivity contribution in [3.63, 3.8) is 0 Å². The van der Waals surface area contributed by atoms with Gasteiger partial charge in [0.2, 0.25) is 0 Å². The van der Waals surface area contributed by atoms with Crippen LogP contribution in [0.4, 0.5) is 0 Å². The zero-order chi connectivity index (χ0) is 22.9. The summed E-state index contributed by atoms with van der Waals surface area (Å²) < 4.78 is 2.19. The van der Waals surface area contributed by atoms with Gasteiger partial charge in [-0.25, -0.2) is 4.98 Å². The lowest BCUT2D eigenvalue weighted by atomic mass is 9.86. The summed E-state index contributed by atoms with van der Waals surface area (Å²) in [7, 11) is 0. The smallest absolute Gasteiger partial charge is 0.252 e. The summed E-state index contributed by atoms with van der Waals surface area (Å²) in [4.78, 5) is 19.9. The molecular formula is C27H27N5OS. The van der Waals surface area contributed by atoms with Gasteiger partial charge in [-0.15, -0.1) is 21.5 Å². The number of pyridine rings is 1. The zero-order valence-electron chi connectivity index (χ0n) is 19.1. The number of rotatable bonds is 4. The number of allylic oxidation sites excluding steroid dienone is 1. The number of thiophene rings is 1. The van der Waals surface area contributed by atoms with Gasteiger partial charge in [-0.2, -0.15) is 0 Å². The first-order valence-corrected chi connectivity index (χ1v) is 13.0. The van der Waals surface area contributed by atoms with E-state index in [0.717, 1.165) is 84.4 Å². The van der Waals surface area contributed by atoms with Gasteiger partial charge in [0.15, 0.2) is 5.82 Å². The third-order valence-electron chi connectivity index (χ3n) is 6.85. The van der Waals surface area contributed by atoms with Crippen LogP contribution in [0.3, 0.4) is 0 Å². The molecular weight excluding hydrogens is 442 g/mol. The van der Waals surface area contributed by atoms with Crippen molar-refractivity contribution in [1.82, 2.24) is 25.1 Å². The summed E-state index contributed by atoms with van der Waals surface area (Å²) >= 11 is 1.73. The molecule has 6 rings (SSSR count). The van der Waals surface area contributed by atoms with Crippen LogP contribution in [-0.2, 0) is 25.9 Å². The molecule has 0 bridgehead atoms. The first-order valence-electron chi connectivity index (χ1n) is 12.1. The zero-order valence-corrected chi connectivity index (χ0v) is 19.9. The van der Waals surface area contributed by atoms with E-state index in [-0.39, 0.29) is 5.91 Å². The summed E-state index contributed by atoms with van der Waals surface area (Å²) in [5.41, 5.74) is 4.87. The Labute approximate surface area is 202 Å². The fourth-order valence-corrected chi connectivity index (χ4v) is 5.88. The molecule has 1 N–H and O–H groups in total. The maximum atomic E-state index is 13.7. The van der Waals surface area contributed by atoms with E-state index in [1.54, 1.807) is 11.3 Å². The minimum Gasteiger partial charge on any atom is -0.345 e. The number of nitrogens with zero attached hydrogens (tertiary/aromatic N) is 4. The molecule has 0 radical (unpaired) electrons. The average molecular weight is 470 g/mol. The lowest BCUT2D eigenvalue weighted by Gasteiger charge is -2.22. The number of aryl methyl sites for hydroxylation is 1. The second kappa shape index (κ2) is 9.14. The highest BCUT2D eigenvalue weighted by Gasteiger charge is 2.25. The van der Waals surface area contributed by atoms with E-state index in [2.05, 4.69) is 43.7 Å². The van der Waals surface area contributed by atoms with Crippen LogP contribution in [-0.4, -0.2) is 25.7 Å². The molecule has 0 fully saturated rings. The fourth-order valence-electron chi connectivity index (χ4n) is 5.20. The Hall–Kier alpha value is -3.32. The summed E-state index contributed by atoms with van der Waals surface area (Å²) in [6.45, 7) is 1.31. The van der Waals surface area contributed by atoms with Crippen LogP contribution in [0.5, 0.6) is 0 Å². The highest BCUT2D eigenvalue weighted by atomic mass is 32.1. The van der Waals surface area contributed by atoms with E-state index >= 15 is 0 Å². The Morgan fingerprint density at radius 3 is 2.88 bits per heavy atom. The van der Waals surface area contributed by atoms with Crippen molar-refractivity contribution < 1.29 is 4.79 Å². The van der Waals surface area contributed by atoms with Crippen LogP contribution in [0.1, 0.15) is 70.2 Å². The van der Waals surface area contributed by atoms with E-state index in [4.69, 9.17) is 4.98 Å². The lowest BCUT2D eigenvalue weighted by Crippen LogP contribution is -2.27. The van der Waals surface area contributed by atoms with Crippen molar-refractivity contribution in [1.29, 1.82) is 0 Å². The molecule has 1 aromatic carbocycles. The quantitative estimate of drug-likeness (QED) is 0.433. The minimum absolute atomic E-state index is 0.0572. The van der Waals surface area contributed by atoms with Gasteiger partial charge in [0, 0.05) is 23.2 Å². The summed E-state index contributed by atoms with van der Waals surface area (Å²) in [5.74, 6) is 1.82. The summed E-state index contributed by atoms with van der Waals surface area (Å²) in [6, 6.07) is 12.2. The van der Waals surface area contributed by atoms with E-state index in [1.807, 2.05) is 24.3 Å². The molecule has 7 heteroatoms. The molecule has 1 aliphatic carbocycles. The Bertz CT molecular complexity index is 1390. The van der Waals surface area contributed by atoms with Crippen molar-refractivity contribution in [2.24, 2.45) is 0 Å².